The van der Waals surface area contributed by atoms with Crippen LogP contribution in [0.4, 0.5) is 0 Å². The Kier molecular flexibility index (Phi) is 4.35. The first-order valence-corrected chi connectivity index (χ1v) is 8.82. The molecular formula is C24H19NO2. The smallest absolute Gasteiger partial charge is 0.185 e. The molecule has 4 aromatic rings. The lowest BCUT2D eigenvalue weighted by molar-refractivity contribution is 0.477. The number of pyridine rings is 1. The minimum atomic E-state index is -0.0562. The van der Waals surface area contributed by atoms with Crippen LogP contribution < -0.4 is 5.43 Å². The summed E-state index contributed by atoms with van der Waals surface area (Å²) in [6.07, 6.45) is 0. The molecule has 3 heteroatoms. The molecule has 0 amide bonds. The zero-order valence-corrected chi connectivity index (χ0v) is 15.0. The molecule has 132 valence electrons. The number of rotatable bonds is 3. The van der Waals surface area contributed by atoms with E-state index in [-0.39, 0.29) is 11.2 Å². The third-order valence-corrected chi connectivity index (χ3v) is 4.70. The summed E-state index contributed by atoms with van der Waals surface area (Å²) in [5, 5.41) is 10.5. The van der Waals surface area contributed by atoms with Crippen LogP contribution in [0.25, 0.3) is 28.2 Å². The van der Waals surface area contributed by atoms with Crippen LogP contribution in [-0.2, 0) is 0 Å². The van der Waals surface area contributed by atoms with Crippen molar-refractivity contribution in [2.45, 2.75) is 6.92 Å². The molecule has 0 fully saturated rings. The fraction of sp³-hybridized carbons (Fsp3) is 0.0417. The number of hydrogen-bond donors (Lipinski definition) is 1. The van der Waals surface area contributed by atoms with Crippen LogP contribution in [0, 0.1) is 6.92 Å². The lowest BCUT2D eigenvalue weighted by Gasteiger charge is -2.22. The van der Waals surface area contributed by atoms with Crippen LogP contribution >= 0.6 is 0 Å². The average Bonchev–Trinajstić information content (AvgIpc) is 2.71. The van der Waals surface area contributed by atoms with Crippen LogP contribution in [-0.4, -0.2) is 9.67 Å². The Bertz CT molecular complexity index is 1150. The molecule has 1 N–H and O–H groups in total. The first kappa shape index (κ1) is 16.9. The summed E-state index contributed by atoms with van der Waals surface area (Å²) in [6.45, 7) is 1.80. The van der Waals surface area contributed by atoms with Crippen LogP contribution in [0.5, 0.6) is 5.75 Å². The SMILES string of the molecule is Cc1c(-c2ccccc2O)n(-c2ccccc2)c(-c2ccccc2)cc1=O. The highest BCUT2D eigenvalue weighted by atomic mass is 16.3. The van der Waals surface area contributed by atoms with Gasteiger partial charge in [0.05, 0.1) is 11.4 Å². The van der Waals surface area contributed by atoms with Crippen LogP contribution in [0.15, 0.2) is 95.8 Å². The first-order valence-electron chi connectivity index (χ1n) is 8.82. The minimum absolute atomic E-state index is 0.0562. The first-order chi connectivity index (χ1) is 13.2. The van der Waals surface area contributed by atoms with E-state index in [4.69, 9.17) is 0 Å². The average molecular weight is 353 g/mol. The number of nitrogens with zero attached hydrogens (tertiary/aromatic N) is 1. The maximum atomic E-state index is 12.8. The molecule has 0 unspecified atom stereocenters. The Morgan fingerprint density at radius 2 is 1.37 bits per heavy atom. The number of hydrogen-bond acceptors (Lipinski definition) is 2. The van der Waals surface area contributed by atoms with Crippen molar-refractivity contribution in [3.05, 3.63) is 107 Å². The maximum Gasteiger partial charge on any atom is 0.185 e. The van der Waals surface area contributed by atoms with Crippen molar-refractivity contribution in [3.8, 4) is 34.0 Å². The summed E-state index contributed by atoms with van der Waals surface area (Å²) in [5.41, 5.74) is 4.53. The van der Waals surface area contributed by atoms with E-state index in [2.05, 4.69) is 0 Å². The van der Waals surface area contributed by atoms with Gasteiger partial charge in [-0.15, -0.1) is 0 Å². The largest absolute Gasteiger partial charge is 0.507 e. The van der Waals surface area contributed by atoms with Crippen molar-refractivity contribution in [1.82, 2.24) is 4.57 Å². The zero-order chi connectivity index (χ0) is 18.8. The van der Waals surface area contributed by atoms with Crippen molar-refractivity contribution in [3.63, 3.8) is 0 Å². The van der Waals surface area contributed by atoms with Gasteiger partial charge in [-0.2, -0.15) is 0 Å². The fourth-order valence-electron chi connectivity index (χ4n) is 3.36. The molecular weight excluding hydrogens is 334 g/mol. The van der Waals surface area contributed by atoms with E-state index in [1.54, 1.807) is 25.1 Å². The third kappa shape index (κ3) is 3.04. The van der Waals surface area contributed by atoms with Gasteiger partial charge in [-0.3, -0.25) is 4.79 Å². The molecule has 0 saturated heterocycles. The van der Waals surface area contributed by atoms with Gasteiger partial charge in [0.2, 0.25) is 0 Å². The molecule has 0 spiro atoms. The molecule has 1 aromatic heterocycles. The Morgan fingerprint density at radius 3 is 2.04 bits per heavy atom. The molecule has 1 heterocycles. The predicted octanol–water partition coefficient (Wildman–Crippen LogP) is 5.19. The lowest BCUT2D eigenvalue weighted by Crippen LogP contribution is -2.15. The fourth-order valence-corrected chi connectivity index (χ4v) is 3.36. The summed E-state index contributed by atoms with van der Waals surface area (Å²) in [6, 6.07) is 28.5. The second kappa shape index (κ2) is 6.96. The third-order valence-electron chi connectivity index (χ3n) is 4.70. The van der Waals surface area contributed by atoms with Gasteiger partial charge >= 0.3 is 0 Å². The maximum absolute atomic E-state index is 12.8. The Hall–Kier alpha value is -3.59. The molecule has 0 saturated carbocycles. The molecule has 0 aliphatic rings. The summed E-state index contributed by atoms with van der Waals surface area (Å²) in [5.74, 6) is 0.148. The second-order valence-corrected chi connectivity index (χ2v) is 6.42. The van der Waals surface area contributed by atoms with Crippen molar-refractivity contribution < 1.29 is 5.11 Å². The van der Waals surface area contributed by atoms with Gasteiger partial charge in [-0.05, 0) is 36.8 Å². The van der Waals surface area contributed by atoms with E-state index in [1.165, 1.54) is 0 Å². The molecule has 0 radical (unpaired) electrons. The van der Waals surface area contributed by atoms with E-state index < -0.39 is 0 Å². The second-order valence-electron chi connectivity index (χ2n) is 6.42. The summed E-state index contributed by atoms with van der Waals surface area (Å²) in [4.78, 5) is 12.8. The summed E-state index contributed by atoms with van der Waals surface area (Å²) >= 11 is 0. The lowest BCUT2D eigenvalue weighted by atomic mass is 10.0. The predicted molar refractivity (Wildman–Crippen MR) is 109 cm³/mol. The highest BCUT2D eigenvalue weighted by molar-refractivity contribution is 5.76. The summed E-state index contributed by atoms with van der Waals surface area (Å²) in [7, 11) is 0. The Morgan fingerprint density at radius 1 is 0.778 bits per heavy atom. The number of benzene rings is 3. The Balaban J connectivity index is 2.17. The number of para-hydroxylation sites is 2. The molecule has 0 atom stereocenters. The number of phenols is 1. The van der Waals surface area contributed by atoms with Gasteiger partial charge < -0.3 is 9.67 Å². The topological polar surface area (TPSA) is 42.2 Å². The highest BCUT2D eigenvalue weighted by Crippen LogP contribution is 2.35. The van der Waals surface area contributed by atoms with Gasteiger partial charge in [0.15, 0.2) is 5.43 Å². The zero-order valence-electron chi connectivity index (χ0n) is 15.0. The van der Waals surface area contributed by atoms with Crippen molar-refractivity contribution >= 4 is 0 Å². The van der Waals surface area contributed by atoms with Gasteiger partial charge in [-0.1, -0.05) is 60.7 Å². The molecule has 4 rings (SSSR count). The number of aromatic nitrogens is 1. The molecule has 0 bridgehead atoms. The van der Waals surface area contributed by atoms with Crippen molar-refractivity contribution in [1.29, 1.82) is 0 Å². The Labute approximate surface area is 157 Å². The highest BCUT2D eigenvalue weighted by Gasteiger charge is 2.19. The van der Waals surface area contributed by atoms with Gasteiger partial charge in [0.25, 0.3) is 0 Å². The molecule has 0 aliphatic heterocycles. The minimum Gasteiger partial charge on any atom is -0.507 e. The molecule has 3 nitrogen and oxygen atoms in total. The van der Waals surface area contributed by atoms with E-state index >= 15 is 0 Å². The number of aromatic hydroxyl groups is 1. The van der Waals surface area contributed by atoms with Gasteiger partial charge in [-0.25, -0.2) is 0 Å². The van der Waals surface area contributed by atoms with Crippen LogP contribution in [0.3, 0.4) is 0 Å². The van der Waals surface area contributed by atoms with Crippen LogP contribution in [0.2, 0.25) is 0 Å². The van der Waals surface area contributed by atoms with E-state index in [0.29, 0.717) is 16.8 Å². The van der Waals surface area contributed by atoms with Gasteiger partial charge in [0.1, 0.15) is 5.75 Å². The van der Waals surface area contributed by atoms with E-state index in [1.807, 2.05) is 77.4 Å². The van der Waals surface area contributed by atoms with Crippen molar-refractivity contribution in [2.75, 3.05) is 0 Å². The summed E-state index contributed by atoms with van der Waals surface area (Å²) < 4.78 is 2.04. The van der Waals surface area contributed by atoms with Gasteiger partial charge in [0, 0.05) is 22.9 Å². The van der Waals surface area contributed by atoms with Crippen molar-refractivity contribution in [2.24, 2.45) is 0 Å². The molecule has 27 heavy (non-hydrogen) atoms. The molecule has 0 aliphatic carbocycles. The van der Waals surface area contributed by atoms with E-state index in [0.717, 1.165) is 16.9 Å². The molecule has 3 aromatic carbocycles. The quantitative estimate of drug-likeness (QED) is 0.551. The normalized spacial score (nSPS) is 10.7. The van der Waals surface area contributed by atoms with Crippen LogP contribution in [0.1, 0.15) is 5.56 Å². The monoisotopic (exact) mass is 353 g/mol. The standard InChI is InChI=1S/C24H19NO2/c1-17-23(27)16-21(18-10-4-2-5-11-18)25(19-12-6-3-7-13-19)24(17)20-14-8-9-15-22(20)26/h2-16,26H,1H3. The van der Waals surface area contributed by atoms with E-state index in [9.17, 15) is 9.90 Å². The number of phenolic OH excluding ortho intramolecular Hbond substituents is 1.